The second kappa shape index (κ2) is 5.09. The molecule has 112 valence electrons. The van der Waals surface area contributed by atoms with Crippen molar-refractivity contribution in [2.75, 3.05) is 13.1 Å². The molecular weight excluding hydrogens is 278 g/mol. The molecule has 6 heteroatoms. The van der Waals surface area contributed by atoms with Gasteiger partial charge in [-0.05, 0) is 37.8 Å². The normalized spacial score (nSPS) is 25.2. The molecule has 0 radical (unpaired) electrons. The highest BCUT2D eigenvalue weighted by molar-refractivity contribution is 6.00. The molecule has 2 aliphatic rings. The van der Waals surface area contributed by atoms with Crippen LogP contribution in [0.15, 0.2) is 18.2 Å². The molecule has 0 saturated carbocycles. The molecule has 1 aromatic rings. The molecule has 0 bridgehead atoms. The zero-order valence-corrected chi connectivity index (χ0v) is 11.5. The zero-order valence-electron chi connectivity index (χ0n) is 11.5. The number of hydrogen-bond donors (Lipinski definition) is 1. The largest absolute Gasteiger partial charge is 0.354 e. The molecule has 1 spiro atoms. The Balaban J connectivity index is 1.94. The molecule has 2 heterocycles. The summed E-state index contributed by atoms with van der Waals surface area (Å²) in [5, 5.41) is 2.79. The van der Waals surface area contributed by atoms with Crippen LogP contribution in [0.25, 0.3) is 0 Å². The molecule has 1 N–H and O–H groups in total. The highest BCUT2D eigenvalue weighted by Crippen LogP contribution is 2.37. The number of likely N-dealkylation sites (tertiary alicyclic amines) is 1. The number of hydrogen-bond acceptors (Lipinski definition) is 2. The number of piperidine rings is 1. The van der Waals surface area contributed by atoms with Crippen LogP contribution >= 0.6 is 0 Å². The number of nitrogens with one attached hydrogen (secondary N) is 1. The minimum absolute atomic E-state index is 0.165. The van der Waals surface area contributed by atoms with Gasteiger partial charge in [-0.1, -0.05) is 0 Å². The summed E-state index contributed by atoms with van der Waals surface area (Å²) in [7, 11) is 0. The third-order valence-electron chi connectivity index (χ3n) is 4.37. The number of nitrogens with zero attached hydrogens (tertiary/aromatic N) is 1. The summed E-state index contributed by atoms with van der Waals surface area (Å²) >= 11 is 0. The molecule has 1 aromatic carbocycles. The molecule has 3 rings (SSSR count). The Morgan fingerprint density at radius 3 is 2.71 bits per heavy atom. The van der Waals surface area contributed by atoms with Crippen molar-refractivity contribution < 1.29 is 18.4 Å². The van der Waals surface area contributed by atoms with Gasteiger partial charge in [-0.15, -0.1) is 0 Å². The Bertz CT molecular complexity index is 605. The predicted octanol–water partition coefficient (Wildman–Crippen LogP) is 1.85. The molecule has 1 unspecified atom stereocenters. The van der Waals surface area contributed by atoms with Crippen molar-refractivity contribution in [1.29, 1.82) is 0 Å². The monoisotopic (exact) mass is 294 g/mol. The Kier molecular flexibility index (Phi) is 3.39. The summed E-state index contributed by atoms with van der Waals surface area (Å²) in [6.07, 6.45) is 2.68. The van der Waals surface area contributed by atoms with E-state index in [1.807, 2.05) is 0 Å². The summed E-state index contributed by atoms with van der Waals surface area (Å²) in [4.78, 5) is 26.3. The number of benzene rings is 1. The number of halogens is 2. The molecule has 0 aliphatic carbocycles. The minimum atomic E-state index is -0.890. The fraction of sp³-hybridized carbons (Fsp3) is 0.467. The first-order valence-electron chi connectivity index (χ1n) is 7.10. The van der Waals surface area contributed by atoms with E-state index in [2.05, 4.69) is 5.32 Å². The van der Waals surface area contributed by atoms with E-state index in [1.165, 1.54) is 4.90 Å². The van der Waals surface area contributed by atoms with E-state index >= 15 is 0 Å². The van der Waals surface area contributed by atoms with Crippen LogP contribution in [0.5, 0.6) is 0 Å². The fourth-order valence-corrected chi connectivity index (χ4v) is 3.34. The van der Waals surface area contributed by atoms with Crippen molar-refractivity contribution in [2.24, 2.45) is 0 Å². The Labute approximate surface area is 121 Å². The maximum absolute atomic E-state index is 13.8. The van der Waals surface area contributed by atoms with Crippen LogP contribution in [0.3, 0.4) is 0 Å². The smallest absolute Gasteiger partial charge is 0.257 e. The molecule has 2 amide bonds. The van der Waals surface area contributed by atoms with Gasteiger partial charge in [0.2, 0.25) is 5.91 Å². The van der Waals surface area contributed by atoms with Gasteiger partial charge in [-0.2, -0.15) is 0 Å². The SMILES string of the molecule is O=C(c1ccc(F)cc1F)N1CCCC12CCCNC2=O. The van der Waals surface area contributed by atoms with E-state index in [-0.39, 0.29) is 11.5 Å². The average Bonchev–Trinajstić information content (AvgIpc) is 2.86. The van der Waals surface area contributed by atoms with E-state index in [1.54, 1.807) is 0 Å². The fourth-order valence-electron chi connectivity index (χ4n) is 3.34. The van der Waals surface area contributed by atoms with Crippen molar-refractivity contribution in [1.82, 2.24) is 10.2 Å². The average molecular weight is 294 g/mol. The highest BCUT2D eigenvalue weighted by Gasteiger charge is 2.50. The zero-order chi connectivity index (χ0) is 15.0. The Hall–Kier alpha value is -1.98. The number of rotatable bonds is 1. The topological polar surface area (TPSA) is 49.4 Å². The summed E-state index contributed by atoms with van der Waals surface area (Å²) in [6.45, 7) is 1.02. The van der Waals surface area contributed by atoms with E-state index in [0.717, 1.165) is 18.6 Å². The number of carbonyl (C=O) groups is 2. The maximum atomic E-state index is 13.8. The van der Waals surface area contributed by atoms with Crippen LogP contribution in [-0.4, -0.2) is 35.3 Å². The summed E-state index contributed by atoms with van der Waals surface area (Å²) in [5.74, 6) is -2.32. The summed E-state index contributed by atoms with van der Waals surface area (Å²) in [6, 6.07) is 2.89. The maximum Gasteiger partial charge on any atom is 0.257 e. The van der Waals surface area contributed by atoms with Gasteiger partial charge in [-0.3, -0.25) is 9.59 Å². The van der Waals surface area contributed by atoms with Gasteiger partial charge < -0.3 is 10.2 Å². The van der Waals surface area contributed by atoms with Gasteiger partial charge >= 0.3 is 0 Å². The van der Waals surface area contributed by atoms with Crippen LogP contribution < -0.4 is 5.32 Å². The quantitative estimate of drug-likeness (QED) is 0.859. The van der Waals surface area contributed by atoms with Crippen molar-refractivity contribution in [3.05, 3.63) is 35.4 Å². The molecular formula is C15H16F2N2O2. The van der Waals surface area contributed by atoms with E-state index in [9.17, 15) is 18.4 Å². The van der Waals surface area contributed by atoms with Crippen LogP contribution in [0, 0.1) is 11.6 Å². The molecule has 2 saturated heterocycles. The lowest BCUT2D eigenvalue weighted by atomic mass is 9.86. The first-order chi connectivity index (χ1) is 10.0. The van der Waals surface area contributed by atoms with Crippen molar-refractivity contribution in [3.8, 4) is 0 Å². The number of carbonyl (C=O) groups excluding carboxylic acids is 2. The van der Waals surface area contributed by atoms with Gasteiger partial charge in [0.05, 0.1) is 5.56 Å². The third kappa shape index (κ3) is 2.18. The second-order valence-corrected chi connectivity index (χ2v) is 5.58. The lowest BCUT2D eigenvalue weighted by Crippen LogP contribution is -2.60. The molecule has 21 heavy (non-hydrogen) atoms. The van der Waals surface area contributed by atoms with E-state index in [4.69, 9.17) is 0 Å². The van der Waals surface area contributed by atoms with E-state index in [0.29, 0.717) is 38.4 Å². The number of amides is 2. The van der Waals surface area contributed by atoms with Crippen LogP contribution in [0.1, 0.15) is 36.0 Å². The standard InChI is InChI=1S/C15H16F2N2O2/c16-10-3-4-11(12(17)9-10)13(20)19-8-2-6-15(19)5-1-7-18-14(15)21/h3-4,9H,1-2,5-8H2,(H,18,21). The Morgan fingerprint density at radius 1 is 1.24 bits per heavy atom. The van der Waals surface area contributed by atoms with Crippen molar-refractivity contribution >= 4 is 11.8 Å². The summed E-state index contributed by atoms with van der Waals surface area (Å²) in [5.41, 5.74) is -1.05. The van der Waals surface area contributed by atoms with Crippen molar-refractivity contribution in [3.63, 3.8) is 0 Å². The third-order valence-corrected chi connectivity index (χ3v) is 4.37. The highest BCUT2D eigenvalue weighted by atomic mass is 19.1. The molecule has 1 atom stereocenters. The van der Waals surface area contributed by atoms with Gasteiger partial charge in [0.1, 0.15) is 17.2 Å². The predicted molar refractivity (Wildman–Crippen MR) is 71.6 cm³/mol. The molecule has 2 aliphatic heterocycles. The second-order valence-electron chi connectivity index (χ2n) is 5.58. The lowest BCUT2D eigenvalue weighted by molar-refractivity contribution is -0.133. The lowest BCUT2D eigenvalue weighted by Gasteiger charge is -2.40. The van der Waals surface area contributed by atoms with Gasteiger partial charge in [-0.25, -0.2) is 8.78 Å². The van der Waals surface area contributed by atoms with Crippen LogP contribution in [-0.2, 0) is 4.79 Å². The summed E-state index contributed by atoms with van der Waals surface area (Å²) < 4.78 is 26.8. The van der Waals surface area contributed by atoms with Gasteiger partial charge in [0.15, 0.2) is 0 Å². The minimum Gasteiger partial charge on any atom is -0.354 e. The Morgan fingerprint density at radius 2 is 2.00 bits per heavy atom. The van der Waals surface area contributed by atoms with Gasteiger partial charge in [0.25, 0.3) is 5.91 Å². The van der Waals surface area contributed by atoms with Crippen LogP contribution in [0.2, 0.25) is 0 Å². The van der Waals surface area contributed by atoms with E-state index < -0.39 is 23.1 Å². The first-order valence-corrected chi connectivity index (χ1v) is 7.10. The molecule has 2 fully saturated rings. The molecule has 4 nitrogen and oxygen atoms in total. The van der Waals surface area contributed by atoms with Crippen molar-refractivity contribution in [2.45, 2.75) is 31.2 Å². The van der Waals surface area contributed by atoms with Gasteiger partial charge in [0, 0.05) is 19.2 Å². The molecule has 0 aromatic heterocycles. The first kappa shape index (κ1) is 14.0. The van der Waals surface area contributed by atoms with Crippen LogP contribution in [0.4, 0.5) is 8.78 Å².